The van der Waals surface area contributed by atoms with Crippen molar-refractivity contribution in [2.75, 3.05) is 7.05 Å². The number of nitrogens with zero attached hydrogens (tertiary/aromatic N) is 3. The first-order valence-electron chi connectivity index (χ1n) is 6.25. The number of nitrogens with two attached hydrogens (primary N) is 1. The van der Waals surface area contributed by atoms with Crippen LogP contribution in [0.2, 0.25) is 0 Å². The van der Waals surface area contributed by atoms with Crippen LogP contribution in [0, 0.1) is 6.92 Å². The molecule has 20 heavy (non-hydrogen) atoms. The molecule has 0 amide bonds. The van der Waals surface area contributed by atoms with Gasteiger partial charge in [0.1, 0.15) is 0 Å². The molecule has 0 aliphatic carbocycles. The van der Waals surface area contributed by atoms with Gasteiger partial charge in [0.05, 0.1) is 11.2 Å². The predicted octanol–water partition coefficient (Wildman–Crippen LogP) is 2.18. The maximum absolute atomic E-state index is 8.83. The fourth-order valence-corrected chi connectivity index (χ4v) is 2.89. The molecule has 1 aromatic heterocycles. The first-order chi connectivity index (χ1) is 9.61. The molecule has 6 heteroatoms. The highest BCUT2D eigenvalue weighted by Gasteiger charge is 2.10. The Morgan fingerprint density at radius 1 is 1.40 bits per heavy atom. The van der Waals surface area contributed by atoms with Crippen molar-refractivity contribution in [2.24, 2.45) is 10.9 Å². The van der Waals surface area contributed by atoms with E-state index in [1.165, 1.54) is 4.88 Å². The van der Waals surface area contributed by atoms with Crippen LogP contribution in [-0.4, -0.2) is 28.0 Å². The third-order valence-electron chi connectivity index (χ3n) is 3.10. The summed E-state index contributed by atoms with van der Waals surface area (Å²) in [6.07, 6.45) is 0. The van der Waals surface area contributed by atoms with E-state index in [1.54, 1.807) is 11.3 Å². The van der Waals surface area contributed by atoms with Crippen LogP contribution in [-0.2, 0) is 13.1 Å². The van der Waals surface area contributed by atoms with Gasteiger partial charge in [-0.2, -0.15) is 0 Å². The van der Waals surface area contributed by atoms with Gasteiger partial charge in [0, 0.05) is 23.5 Å². The van der Waals surface area contributed by atoms with Gasteiger partial charge in [-0.15, -0.1) is 11.3 Å². The standard InChI is InChI=1S/C14H18N4OS/c1-10-13(20-9-16-10)8-18(2)7-11-5-3-4-6-12(11)14(15)17-19/h3-6,9,19H,7-8H2,1-2H3,(H2,15,17). The maximum Gasteiger partial charge on any atom is 0.170 e. The van der Waals surface area contributed by atoms with E-state index < -0.39 is 0 Å². The molecule has 2 rings (SSSR count). The summed E-state index contributed by atoms with van der Waals surface area (Å²) in [5, 5.41) is 11.9. The Labute approximate surface area is 122 Å². The molecule has 0 atom stereocenters. The number of oxime groups is 1. The van der Waals surface area contributed by atoms with Gasteiger partial charge >= 0.3 is 0 Å². The lowest BCUT2D eigenvalue weighted by atomic mass is 10.1. The van der Waals surface area contributed by atoms with Crippen LogP contribution in [0.15, 0.2) is 34.9 Å². The summed E-state index contributed by atoms with van der Waals surface area (Å²) >= 11 is 1.66. The van der Waals surface area contributed by atoms with Crippen molar-refractivity contribution in [3.63, 3.8) is 0 Å². The molecule has 0 fully saturated rings. The lowest BCUT2D eigenvalue weighted by Gasteiger charge is -2.18. The molecule has 0 bridgehead atoms. The zero-order valence-electron chi connectivity index (χ0n) is 11.6. The average molecular weight is 290 g/mol. The van der Waals surface area contributed by atoms with E-state index in [-0.39, 0.29) is 5.84 Å². The summed E-state index contributed by atoms with van der Waals surface area (Å²) in [4.78, 5) is 7.70. The van der Waals surface area contributed by atoms with E-state index in [2.05, 4.69) is 15.0 Å². The third-order valence-corrected chi connectivity index (χ3v) is 4.02. The number of rotatable bonds is 5. The summed E-state index contributed by atoms with van der Waals surface area (Å²) in [6.45, 7) is 3.58. The van der Waals surface area contributed by atoms with Crippen LogP contribution >= 0.6 is 11.3 Å². The van der Waals surface area contributed by atoms with Gasteiger partial charge in [-0.05, 0) is 19.5 Å². The van der Waals surface area contributed by atoms with Gasteiger partial charge in [0.25, 0.3) is 0 Å². The van der Waals surface area contributed by atoms with Crippen LogP contribution in [0.4, 0.5) is 0 Å². The first kappa shape index (κ1) is 14.5. The van der Waals surface area contributed by atoms with Crippen LogP contribution in [0.1, 0.15) is 21.7 Å². The molecular formula is C14H18N4OS. The highest BCUT2D eigenvalue weighted by Crippen LogP contribution is 2.17. The SMILES string of the molecule is Cc1ncsc1CN(C)Cc1ccccc1C(N)=NO. The van der Waals surface area contributed by atoms with Gasteiger partial charge in [0.2, 0.25) is 0 Å². The third kappa shape index (κ3) is 3.34. The zero-order chi connectivity index (χ0) is 14.5. The van der Waals surface area contributed by atoms with E-state index in [1.807, 2.05) is 43.7 Å². The fourth-order valence-electron chi connectivity index (χ4n) is 2.03. The normalized spacial score (nSPS) is 12.1. The molecule has 0 spiro atoms. The van der Waals surface area contributed by atoms with E-state index in [0.717, 1.165) is 29.9 Å². The molecule has 1 aromatic carbocycles. The Hall–Kier alpha value is -1.92. The minimum absolute atomic E-state index is 0.142. The monoisotopic (exact) mass is 290 g/mol. The second-order valence-electron chi connectivity index (χ2n) is 4.68. The smallest absolute Gasteiger partial charge is 0.170 e. The Balaban J connectivity index is 2.12. The lowest BCUT2D eigenvalue weighted by molar-refractivity contribution is 0.316. The number of benzene rings is 1. The van der Waals surface area contributed by atoms with Gasteiger partial charge in [-0.3, -0.25) is 4.90 Å². The second kappa shape index (κ2) is 6.49. The fraction of sp³-hybridized carbons (Fsp3) is 0.286. The van der Waals surface area contributed by atoms with Gasteiger partial charge in [-0.25, -0.2) is 4.98 Å². The second-order valence-corrected chi connectivity index (χ2v) is 5.61. The molecule has 3 N–H and O–H groups in total. The van der Waals surface area contributed by atoms with E-state index >= 15 is 0 Å². The van der Waals surface area contributed by atoms with Crippen molar-refractivity contribution in [3.8, 4) is 0 Å². The molecule has 0 aliphatic rings. The Morgan fingerprint density at radius 2 is 2.15 bits per heavy atom. The van der Waals surface area contributed by atoms with Crippen molar-refractivity contribution >= 4 is 17.2 Å². The van der Waals surface area contributed by atoms with Crippen LogP contribution in [0.3, 0.4) is 0 Å². The number of thiazole rings is 1. The molecule has 0 unspecified atom stereocenters. The highest BCUT2D eigenvalue weighted by atomic mass is 32.1. The lowest BCUT2D eigenvalue weighted by Crippen LogP contribution is -2.21. The molecule has 1 heterocycles. The Bertz CT molecular complexity index is 609. The summed E-state index contributed by atoms with van der Waals surface area (Å²) in [5.41, 5.74) is 10.4. The number of aromatic nitrogens is 1. The Kier molecular flexibility index (Phi) is 4.70. The van der Waals surface area contributed by atoms with Gasteiger partial charge < -0.3 is 10.9 Å². The molecule has 0 saturated heterocycles. The predicted molar refractivity (Wildman–Crippen MR) is 81.0 cm³/mol. The van der Waals surface area contributed by atoms with Crippen molar-refractivity contribution < 1.29 is 5.21 Å². The molecule has 2 aromatic rings. The first-order valence-corrected chi connectivity index (χ1v) is 7.13. The minimum atomic E-state index is 0.142. The molecule has 5 nitrogen and oxygen atoms in total. The van der Waals surface area contributed by atoms with Crippen LogP contribution < -0.4 is 5.73 Å². The largest absolute Gasteiger partial charge is 0.409 e. The summed E-state index contributed by atoms with van der Waals surface area (Å²) < 4.78 is 0. The van der Waals surface area contributed by atoms with Crippen molar-refractivity contribution in [1.29, 1.82) is 0 Å². The summed E-state index contributed by atoms with van der Waals surface area (Å²) in [6, 6.07) is 7.68. The van der Waals surface area contributed by atoms with Crippen molar-refractivity contribution in [3.05, 3.63) is 51.5 Å². The molecule has 0 radical (unpaired) electrons. The molecule has 0 saturated carbocycles. The minimum Gasteiger partial charge on any atom is -0.409 e. The van der Waals surface area contributed by atoms with Crippen LogP contribution in [0.25, 0.3) is 0 Å². The maximum atomic E-state index is 8.83. The van der Waals surface area contributed by atoms with Crippen molar-refractivity contribution in [2.45, 2.75) is 20.0 Å². The zero-order valence-corrected chi connectivity index (χ0v) is 12.4. The summed E-state index contributed by atoms with van der Waals surface area (Å²) in [7, 11) is 2.04. The number of hydrogen-bond donors (Lipinski definition) is 2. The molecular weight excluding hydrogens is 272 g/mol. The summed E-state index contributed by atoms with van der Waals surface area (Å²) in [5.74, 6) is 0.142. The number of amidine groups is 1. The van der Waals surface area contributed by atoms with E-state index in [0.29, 0.717) is 0 Å². The molecule has 0 aliphatic heterocycles. The molecule has 106 valence electrons. The van der Waals surface area contributed by atoms with E-state index in [4.69, 9.17) is 10.9 Å². The van der Waals surface area contributed by atoms with Gasteiger partial charge in [-0.1, -0.05) is 29.4 Å². The highest BCUT2D eigenvalue weighted by molar-refractivity contribution is 7.09. The van der Waals surface area contributed by atoms with E-state index in [9.17, 15) is 0 Å². The average Bonchev–Trinajstić information content (AvgIpc) is 2.84. The number of aryl methyl sites for hydroxylation is 1. The van der Waals surface area contributed by atoms with Crippen molar-refractivity contribution in [1.82, 2.24) is 9.88 Å². The number of hydrogen-bond acceptors (Lipinski definition) is 5. The quantitative estimate of drug-likeness (QED) is 0.383. The van der Waals surface area contributed by atoms with Crippen LogP contribution in [0.5, 0.6) is 0 Å². The Morgan fingerprint density at radius 3 is 2.80 bits per heavy atom. The topological polar surface area (TPSA) is 74.7 Å². The van der Waals surface area contributed by atoms with Gasteiger partial charge in [0.15, 0.2) is 5.84 Å².